The van der Waals surface area contributed by atoms with Crippen LogP contribution in [0.2, 0.25) is 0 Å². The molecule has 0 spiro atoms. The van der Waals surface area contributed by atoms with Crippen LogP contribution in [0.4, 0.5) is 0 Å². The highest BCUT2D eigenvalue weighted by atomic mass is 16.3. The molecule has 0 aliphatic rings. The van der Waals surface area contributed by atoms with Crippen molar-refractivity contribution in [2.24, 2.45) is 0 Å². The van der Waals surface area contributed by atoms with E-state index in [1.54, 1.807) is 0 Å². The third kappa shape index (κ3) is 6.06. The first-order valence-corrected chi connectivity index (χ1v) is 4.00. The molecule has 4 N–H and O–H groups in total. The van der Waals surface area contributed by atoms with Gasteiger partial charge in [0.15, 0.2) is 0 Å². The third-order valence-electron chi connectivity index (χ3n) is 1.22. The summed E-state index contributed by atoms with van der Waals surface area (Å²) in [5.41, 5.74) is 0. The predicted octanol–water partition coefficient (Wildman–Crippen LogP) is -2.41. The van der Waals surface area contributed by atoms with Crippen molar-refractivity contribution in [3.63, 3.8) is 0 Å². The molecular formula is C7H14N2O4. The fraction of sp³-hybridized carbons (Fsp3) is 0.714. The van der Waals surface area contributed by atoms with Crippen LogP contribution in [0.25, 0.3) is 0 Å². The van der Waals surface area contributed by atoms with Gasteiger partial charge in [-0.2, -0.15) is 0 Å². The van der Waals surface area contributed by atoms with E-state index in [9.17, 15) is 9.59 Å². The topological polar surface area (TPSA) is 98.7 Å². The number of carbonyl (C=O) groups excluding carboxylic acids is 2. The maximum Gasteiger partial charge on any atom is 0.309 e. The van der Waals surface area contributed by atoms with Gasteiger partial charge in [-0.15, -0.1) is 0 Å². The summed E-state index contributed by atoms with van der Waals surface area (Å²) in [6.45, 7) is 0.0995. The van der Waals surface area contributed by atoms with Crippen LogP contribution in [-0.4, -0.2) is 48.3 Å². The standard InChI is InChI=1S/C7H14N2O4/c10-4-1-2-8-6(12)7(13)9-3-5-11/h10-11H,1-5H2,(H,8,12)(H,9,13). The van der Waals surface area contributed by atoms with Gasteiger partial charge in [0.05, 0.1) is 6.61 Å². The van der Waals surface area contributed by atoms with Crippen molar-refractivity contribution in [1.29, 1.82) is 0 Å². The molecule has 0 aliphatic heterocycles. The molecule has 0 saturated carbocycles. The van der Waals surface area contributed by atoms with E-state index in [4.69, 9.17) is 10.2 Å². The summed E-state index contributed by atoms with van der Waals surface area (Å²) in [4.78, 5) is 21.6. The van der Waals surface area contributed by atoms with Crippen LogP contribution in [0.5, 0.6) is 0 Å². The summed E-state index contributed by atoms with van der Waals surface area (Å²) in [5, 5.41) is 21.2. The molecule has 0 aliphatic carbocycles. The minimum absolute atomic E-state index is 0.0292. The van der Waals surface area contributed by atoms with Gasteiger partial charge in [0.2, 0.25) is 0 Å². The van der Waals surface area contributed by atoms with Crippen LogP contribution in [-0.2, 0) is 9.59 Å². The molecule has 0 rings (SSSR count). The third-order valence-corrected chi connectivity index (χ3v) is 1.22. The van der Waals surface area contributed by atoms with Crippen molar-refractivity contribution in [2.75, 3.05) is 26.3 Å². The molecule has 6 heteroatoms. The molecule has 76 valence electrons. The fourth-order valence-electron chi connectivity index (χ4n) is 0.611. The number of amides is 2. The van der Waals surface area contributed by atoms with E-state index in [0.717, 1.165) is 0 Å². The van der Waals surface area contributed by atoms with Crippen molar-refractivity contribution >= 4 is 11.8 Å². The number of carbonyl (C=O) groups is 2. The quantitative estimate of drug-likeness (QED) is 0.287. The lowest BCUT2D eigenvalue weighted by atomic mass is 10.4. The van der Waals surface area contributed by atoms with E-state index in [0.29, 0.717) is 6.42 Å². The highest BCUT2D eigenvalue weighted by Gasteiger charge is 2.10. The molecule has 0 unspecified atom stereocenters. The Balaban J connectivity index is 3.51. The average Bonchev–Trinajstić information content (AvgIpc) is 2.14. The van der Waals surface area contributed by atoms with Gasteiger partial charge in [0, 0.05) is 19.7 Å². The number of hydrogen-bond acceptors (Lipinski definition) is 4. The average molecular weight is 190 g/mol. The van der Waals surface area contributed by atoms with E-state index in [1.807, 2.05) is 0 Å². The highest BCUT2D eigenvalue weighted by Crippen LogP contribution is 1.73. The van der Waals surface area contributed by atoms with E-state index in [2.05, 4.69) is 10.6 Å². The Kier molecular flexibility index (Phi) is 6.85. The van der Waals surface area contributed by atoms with Crippen molar-refractivity contribution in [1.82, 2.24) is 10.6 Å². The lowest BCUT2D eigenvalue weighted by Gasteiger charge is -2.03. The number of aliphatic hydroxyl groups is 2. The Morgan fingerprint density at radius 2 is 1.46 bits per heavy atom. The van der Waals surface area contributed by atoms with Crippen LogP contribution in [0.15, 0.2) is 0 Å². The molecule has 0 aromatic carbocycles. The summed E-state index contributed by atoms with van der Waals surface area (Å²) < 4.78 is 0. The molecule has 0 saturated heterocycles. The Morgan fingerprint density at radius 3 is 1.92 bits per heavy atom. The van der Waals surface area contributed by atoms with Crippen LogP contribution in [0.3, 0.4) is 0 Å². The highest BCUT2D eigenvalue weighted by molar-refractivity contribution is 6.35. The summed E-state index contributed by atoms with van der Waals surface area (Å²) in [7, 11) is 0. The second-order valence-electron chi connectivity index (χ2n) is 2.31. The first kappa shape index (κ1) is 11.9. The molecule has 6 nitrogen and oxygen atoms in total. The number of hydrogen-bond donors (Lipinski definition) is 4. The lowest BCUT2D eigenvalue weighted by molar-refractivity contribution is -0.139. The Hall–Kier alpha value is -1.14. The first-order chi connectivity index (χ1) is 6.22. The van der Waals surface area contributed by atoms with Gasteiger partial charge in [-0.25, -0.2) is 0 Å². The Bertz CT molecular complexity index is 172. The normalized spacial score (nSPS) is 9.38. The minimum Gasteiger partial charge on any atom is -0.396 e. The van der Waals surface area contributed by atoms with Gasteiger partial charge in [-0.3, -0.25) is 9.59 Å². The SMILES string of the molecule is O=C(NCCO)C(=O)NCCCO. The Labute approximate surface area is 75.9 Å². The second kappa shape index (κ2) is 7.51. The fourth-order valence-corrected chi connectivity index (χ4v) is 0.611. The maximum atomic E-state index is 10.8. The molecule has 0 aromatic heterocycles. The van der Waals surface area contributed by atoms with E-state index >= 15 is 0 Å². The molecule has 13 heavy (non-hydrogen) atoms. The zero-order valence-corrected chi connectivity index (χ0v) is 7.25. The lowest BCUT2D eigenvalue weighted by Crippen LogP contribution is -2.41. The zero-order chi connectivity index (χ0) is 10.1. The number of aliphatic hydroxyl groups excluding tert-OH is 2. The van der Waals surface area contributed by atoms with Gasteiger partial charge < -0.3 is 20.8 Å². The largest absolute Gasteiger partial charge is 0.396 e. The van der Waals surface area contributed by atoms with Gasteiger partial charge in [0.1, 0.15) is 0 Å². The molecular weight excluding hydrogens is 176 g/mol. The predicted molar refractivity (Wildman–Crippen MR) is 44.8 cm³/mol. The maximum absolute atomic E-state index is 10.8. The van der Waals surface area contributed by atoms with Crippen molar-refractivity contribution in [3.8, 4) is 0 Å². The van der Waals surface area contributed by atoms with Gasteiger partial charge >= 0.3 is 11.8 Å². The molecule has 0 atom stereocenters. The second-order valence-corrected chi connectivity index (χ2v) is 2.31. The molecule has 2 amide bonds. The summed E-state index contributed by atoms with van der Waals surface area (Å²) in [5.74, 6) is -1.52. The summed E-state index contributed by atoms with van der Waals surface area (Å²) in [6.07, 6.45) is 0.416. The van der Waals surface area contributed by atoms with E-state index < -0.39 is 11.8 Å². The first-order valence-electron chi connectivity index (χ1n) is 4.00. The van der Waals surface area contributed by atoms with Gasteiger partial charge in [-0.05, 0) is 6.42 Å². The smallest absolute Gasteiger partial charge is 0.309 e. The number of nitrogens with one attached hydrogen (secondary N) is 2. The molecule has 0 fully saturated rings. The van der Waals surface area contributed by atoms with Crippen molar-refractivity contribution < 1.29 is 19.8 Å². The Morgan fingerprint density at radius 1 is 0.923 bits per heavy atom. The monoisotopic (exact) mass is 190 g/mol. The summed E-state index contributed by atoms with van der Waals surface area (Å²) >= 11 is 0. The van der Waals surface area contributed by atoms with Crippen molar-refractivity contribution in [3.05, 3.63) is 0 Å². The van der Waals surface area contributed by atoms with Crippen LogP contribution < -0.4 is 10.6 Å². The summed E-state index contributed by atoms with van der Waals surface area (Å²) in [6, 6.07) is 0. The zero-order valence-electron chi connectivity index (χ0n) is 7.25. The van der Waals surface area contributed by atoms with E-state index in [-0.39, 0.29) is 26.3 Å². The molecule has 0 heterocycles. The van der Waals surface area contributed by atoms with Crippen LogP contribution in [0, 0.1) is 0 Å². The van der Waals surface area contributed by atoms with Gasteiger partial charge in [-0.1, -0.05) is 0 Å². The van der Waals surface area contributed by atoms with E-state index in [1.165, 1.54) is 0 Å². The minimum atomic E-state index is -0.771. The molecule has 0 radical (unpaired) electrons. The van der Waals surface area contributed by atoms with Gasteiger partial charge in [0.25, 0.3) is 0 Å². The molecule has 0 aromatic rings. The molecule has 0 bridgehead atoms. The van der Waals surface area contributed by atoms with Crippen LogP contribution in [0.1, 0.15) is 6.42 Å². The van der Waals surface area contributed by atoms with Crippen molar-refractivity contribution in [2.45, 2.75) is 6.42 Å². The number of rotatable bonds is 5. The van der Waals surface area contributed by atoms with Crippen LogP contribution >= 0.6 is 0 Å².